The van der Waals surface area contributed by atoms with Gasteiger partial charge in [-0.1, -0.05) is 40.4 Å². The molecular formula is C13H26OSi. The Labute approximate surface area is 95.9 Å². The lowest BCUT2D eigenvalue weighted by Crippen LogP contribution is -2.26. The molecule has 0 fully saturated rings. The van der Waals surface area contributed by atoms with E-state index in [0.717, 1.165) is 18.0 Å². The van der Waals surface area contributed by atoms with Crippen LogP contribution in [0.5, 0.6) is 0 Å². The van der Waals surface area contributed by atoms with E-state index >= 15 is 0 Å². The minimum atomic E-state index is -1.16. The van der Waals surface area contributed by atoms with E-state index in [2.05, 4.69) is 46.1 Å². The van der Waals surface area contributed by atoms with E-state index in [9.17, 15) is 5.11 Å². The van der Waals surface area contributed by atoms with Crippen LogP contribution in [-0.4, -0.2) is 19.3 Å². The lowest BCUT2D eigenvalue weighted by atomic mass is 10.0. The molecule has 0 aliphatic heterocycles. The molecule has 0 saturated carbocycles. The predicted molar refractivity (Wildman–Crippen MR) is 70.9 cm³/mol. The highest BCUT2D eigenvalue weighted by Gasteiger charge is 2.21. The average molecular weight is 226 g/mol. The Morgan fingerprint density at radius 3 is 2.20 bits per heavy atom. The van der Waals surface area contributed by atoms with Gasteiger partial charge in [-0.15, -0.1) is 5.73 Å². The van der Waals surface area contributed by atoms with Gasteiger partial charge in [-0.2, -0.15) is 0 Å². The van der Waals surface area contributed by atoms with Crippen LogP contribution in [0.3, 0.4) is 0 Å². The molecular weight excluding hydrogens is 200 g/mol. The molecule has 0 aliphatic carbocycles. The number of aliphatic hydroxyl groups excluding tert-OH is 1. The van der Waals surface area contributed by atoms with Gasteiger partial charge in [0.05, 0.1) is 6.10 Å². The second-order valence-electron chi connectivity index (χ2n) is 5.71. The van der Waals surface area contributed by atoms with Crippen LogP contribution in [0.1, 0.15) is 27.2 Å². The normalized spacial score (nSPS) is 13.6. The maximum Gasteiger partial charge on any atom is 0.0843 e. The van der Waals surface area contributed by atoms with Crippen LogP contribution in [0.4, 0.5) is 0 Å². The summed E-state index contributed by atoms with van der Waals surface area (Å²) >= 11 is 0. The van der Waals surface area contributed by atoms with Gasteiger partial charge < -0.3 is 5.11 Å². The Balaban J connectivity index is 4.83. The molecule has 1 atom stereocenters. The molecule has 0 bridgehead atoms. The number of aliphatic hydroxyl groups is 1. The van der Waals surface area contributed by atoms with Crippen molar-refractivity contribution >= 4 is 8.07 Å². The zero-order chi connectivity index (χ0) is 12.1. The quantitative estimate of drug-likeness (QED) is 0.558. The predicted octanol–water partition coefficient (Wildman–Crippen LogP) is 3.83. The molecule has 0 rings (SSSR count). The summed E-state index contributed by atoms with van der Waals surface area (Å²) in [6.07, 6.45) is 2.70. The Kier molecular flexibility index (Phi) is 6.19. The highest BCUT2D eigenvalue weighted by Crippen LogP contribution is 2.22. The Hall–Kier alpha value is -0.303. The first-order valence-corrected chi connectivity index (χ1v) is 9.60. The molecule has 15 heavy (non-hydrogen) atoms. The van der Waals surface area contributed by atoms with Gasteiger partial charge in [-0.05, 0) is 30.0 Å². The standard InChI is InChI=1S/C13H26OSi/c1-7-8-9-12(10-15(4,5)6)13(14)11(2)3/h8,11,13-14H,7,10H2,1-6H3. The molecule has 0 radical (unpaired) electrons. The zero-order valence-electron chi connectivity index (χ0n) is 11.1. The molecule has 1 nitrogen and oxygen atoms in total. The first-order chi connectivity index (χ1) is 6.78. The molecule has 1 N–H and O–H groups in total. The Morgan fingerprint density at radius 2 is 1.87 bits per heavy atom. The number of hydrogen-bond acceptors (Lipinski definition) is 1. The van der Waals surface area contributed by atoms with Gasteiger partial charge in [0.1, 0.15) is 0 Å². The van der Waals surface area contributed by atoms with Crippen molar-refractivity contribution in [3.8, 4) is 0 Å². The van der Waals surface area contributed by atoms with Crippen molar-refractivity contribution in [2.75, 3.05) is 0 Å². The minimum Gasteiger partial charge on any atom is -0.388 e. The van der Waals surface area contributed by atoms with Crippen molar-refractivity contribution in [2.45, 2.75) is 59.0 Å². The van der Waals surface area contributed by atoms with Crippen LogP contribution in [0.2, 0.25) is 25.7 Å². The van der Waals surface area contributed by atoms with E-state index in [-0.39, 0.29) is 12.0 Å². The van der Waals surface area contributed by atoms with Crippen molar-refractivity contribution in [2.24, 2.45) is 5.92 Å². The summed E-state index contributed by atoms with van der Waals surface area (Å²) in [5.74, 6) is 0.286. The van der Waals surface area contributed by atoms with E-state index in [0.29, 0.717) is 0 Å². The van der Waals surface area contributed by atoms with Crippen LogP contribution in [0.15, 0.2) is 17.4 Å². The largest absolute Gasteiger partial charge is 0.388 e. The monoisotopic (exact) mass is 226 g/mol. The third-order valence-electron chi connectivity index (χ3n) is 2.20. The van der Waals surface area contributed by atoms with Gasteiger partial charge in [0.25, 0.3) is 0 Å². The van der Waals surface area contributed by atoms with Gasteiger partial charge in [0, 0.05) is 8.07 Å². The highest BCUT2D eigenvalue weighted by atomic mass is 28.3. The summed E-state index contributed by atoms with van der Waals surface area (Å²) in [5.41, 5.74) is 4.39. The van der Waals surface area contributed by atoms with E-state index < -0.39 is 8.07 Å². The second-order valence-corrected chi connectivity index (χ2v) is 11.2. The Morgan fingerprint density at radius 1 is 1.33 bits per heavy atom. The average Bonchev–Trinajstić information content (AvgIpc) is 2.09. The number of rotatable bonds is 5. The topological polar surface area (TPSA) is 20.2 Å². The number of hydrogen-bond donors (Lipinski definition) is 1. The molecule has 0 heterocycles. The summed E-state index contributed by atoms with van der Waals surface area (Å²) < 4.78 is 0. The third-order valence-corrected chi connectivity index (χ3v) is 3.64. The molecule has 88 valence electrons. The maximum atomic E-state index is 10.1. The van der Waals surface area contributed by atoms with Crippen LogP contribution < -0.4 is 0 Å². The highest BCUT2D eigenvalue weighted by molar-refractivity contribution is 6.76. The van der Waals surface area contributed by atoms with Crippen molar-refractivity contribution < 1.29 is 5.11 Å². The van der Waals surface area contributed by atoms with Gasteiger partial charge in [-0.3, -0.25) is 0 Å². The Bertz CT molecular complexity index is 242. The van der Waals surface area contributed by atoms with E-state index in [1.165, 1.54) is 0 Å². The van der Waals surface area contributed by atoms with Crippen molar-refractivity contribution in [3.63, 3.8) is 0 Å². The molecule has 0 spiro atoms. The van der Waals surface area contributed by atoms with Gasteiger partial charge in [0.15, 0.2) is 0 Å². The van der Waals surface area contributed by atoms with Gasteiger partial charge in [-0.25, -0.2) is 0 Å². The van der Waals surface area contributed by atoms with E-state index in [1.807, 2.05) is 6.08 Å². The van der Waals surface area contributed by atoms with E-state index in [1.54, 1.807) is 0 Å². The summed E-state index contributed by atoms with van der Waals surface area (Å²) in [7, 11) is -1.16. The van der Waals surface area contributed by atoms with Crippen molar-refractivity contribution in [1.82, 2.24) is 0 Å². The first kappa shape index (κ1) is 14.7. The van der Waals surface area contributed by atoms with E-state index in [4.69, 9.17) is 0 Å². The summed E-state index contributed by atoms with van der Waals surface area (Å²) in [6, 6.07) is 1.04. The molecule has 0 amide bonds. The maximum absolute atomic E-state index is 10.1. The summed E-state index contributed by atoms with van der Waals surface area (Å²) in [6.45, 7) is 13.2. The molecule has 0 aromatic carbocycles. The third kappa shape index (κ3) is 6.72. The fourth-order valence-electron chi connectivity index (χ4n) is 1.45. The molecule has 0 aromatic rings. The second kappa shape index (κ2) is 6.32. The first-order valence-electron chi connectivity index (χ1n) is 5.90. The molecule has 0 saturated heterocycles. The van der Waals surface area contributed by atoms with Crippen molar-refractivity contribution in [1.29, 1.82) is 0 Å². The zero-order valence-corrected chi connectivity index (χ0v) is 12.1. The molecule has 1 unspecified atom stereocenters. The minimum absolute atomic E-state index is 0.286. The fraction of sp³-hybridized carbons (Fsp3) is 0.769. The molecule has 0 aromatic heterocycles. The molecule has 2 heteroatoms. The molecule has 0 aliphatic rings. The van der Waals surface area contributed by atoms with Crippen LogP contribution in [0.25, 0.3) is 0 Å². The van der Waals surface area contributed by atoms with Crippen LogP contribution in [0, 0.1) is 5.92 Å². The lowest BCUT2D eigenvalue weighted by molar-refractivity contribution is 0.160. The lowest BCUT2D eigenvalue weighted by Gasteiger charge is -2.23. The van der Waals surface area contributed by atoms with Crippen LogP contribution >= 0.6 is 0 Å². The van der Waals surface area contributed by atoms with Crippen LogP contribution in [-0.2, 0) is 0 Å². The summed E-state index contributed by atoms with van der Waals surface area (Å²) in [4.78, 5) is 0. The smallest absolute Gasteiger partial charge is 0.0843 e. The fourth-order valence-corrected chi connectivity index (χ4v) is 2.90. The van der Waals surface area contributed by atoms with Crippen molar-refractivity contribution in [3.05, 3.63) is 17.4 Å². The SMILES string of the molecule is CCC=C=C(C[Si](C)(C)C)C(O)C(C)C. The van der Waals surface area contributed by atoms with Gasteiger partial charge >= 0.3 is 0 Å². The van der Waals surface area contributed by atoms with Gasteiger partial charge in [0.2, 0.25) is 0 Å². The summed E-state index contributed by atoms with van der Waals surface area (Å²) in [5, 5.41) is 10.1.